The number of nitrogens with one attached hydrogen (secondary N) is 1. The summed E-state index contributed by atoms with van der Waals surface area (Å²) in [5.41, 5.74) is 2.10. The monoisotopic (exact) mass is 657 g/mol. The minimum atomic E-state index is -4.27. The molecular formula is C37H40FN3O5S. The van der Waals surface area contributed by atoms with E-state index in [0.29, 0.717) is 5.75 Å². The Hall–Kier alpha value is -4.70. The molecule has 0 radical (unpaired) electrons. The van der Waals surface area contributed by atoms with E-state index in [0.717, 1.165) is 41.1 Å². The second-order valence-corrected chi connectivity index (χ2v) is 13.7. The van der Waals surface area contributed by atoms with Gasteiger partial charge in [0.15, 0.2) is 0 Å². The number of carbonyl (C=O) groups is 2. The number of ether oxygens (including phenoxy) is 1. The molecule has 1 fully saturated rings. The van der Waals surface area contributed by atoms with Gasteiger partial charge in [-0.1, -0.05) is 85.1 Å². The standard InChI is InChI=1S/C37H40FN3O5S/c1-27-19-21-33(22-20-27)47(44,45)41(31-16-10-17-32(24-31)46-2)26-36(42)40(25-29-13-6-9-18-34(29)38)35(23-28-11-4-3-5-12-28)37(43)39-30-14-7-8-15-30/h3-6,9-13,16-22,24,30,35H,7-8,14-15,23,25-26H2,1-2H3,(H,39,43)/t35-/m0/s1. The number of aryl methyl sites for hydroxylation is 1. The van der Waals surface area contributed by atoms with Gasteiger partial charge in [0, 0.05) is 30.6 Å². The molecule has 4 aromatic rings. The normalized spacial score (nSPS) is 13.9. The van der Waals surface area contributed by atoms with Crippen LogP contribution in [0.2, 0.25) is 0 Å². The Balaban J connectivity index is 1.58. The summed E-state index contributed by atoms with van der Waals surface area (Å²) in [6, 6.07) is 27.1. The third kappa shape index (κ3) is 8.37. The van der Waals surface area contributed by atoms with Crippen LogP contribution in [0.4, 0.5) is 10.1 Å². The highest BCUT2D eigenvalue weighted by molar-refractivity contribution is 7.92. The third-order valence-electron chi connectivity index (χ3n) is 8.50. The van der Waals surface area contributed by atoms with Gasteiger partial charge in [-0.25, -0.2) is 12.8 Å². The van der Waals surface area contributed by atoms with Crippen molar-refractivity contribution in [1.82, 2.24) is 10.2 Å². The maximum absolute atomic E-state index is 15.1. The summed E-state index contributed by atoms with van der Waals surface area (Å²) in [7, 11) is -2.80. The Bertz CT molecular complexity index is 1780. The van der Waals surface area contributed by atoms with E-state index >= 15 is 4.39 Å². The van der Waals surface area contributed by atoms with E-state index in [9.17, 15) is 18.0 Å². The van der Waals surface area contributed by atoms with Gasteiger partial charge < -0.3 is 15.0 Å². The smallest absolute Gasteiger partial charge is 0.264 e. The molecule has 2 amide bonds. The van der Waals surface area contributed by atoms with Gasteiger partial charge in [0.1, 0.15) is 24.2 Å². The Morgan fingerprint density at radius 1 is 0.915 bits per heavy atom. The fourth-order valence-corrected chi connectivity index (χ4v) is 7.27. The topological polar surface area (TPSA) is 96.0 Å². The van der Waals surface area contributed by atoms with Crippen molar-refractivity contribution in [3.63, 3.8) is 0 Å². The van der Waals surface area contributed by atoms with Gasteiger partial charge in [0.2, 0.25) is 11.8 Å². The highest BCUT2D eigenvalue weighted by atomic mass is 32.2. The molecule has 8 nitrogen and oxygen atoms in total. The summed E-state index contributed by atoms with van der Waals surface area (Å²) in [5.74, 6) is -1.15. The molecule has 0 saturated heterocycles. The quantitative estimate of drug-likeness (QED) is 0.189. The molecule has 0 spiro atoms. The molecule has 0 aromatic heterocycles. The maximum atomic E-state index is 15.1. The van der Waals surface area contributed by atoms with Crippen molar-refractivity contribution in [3.8, 4) is 5.75 Å². The van der Waals surface area contributed by atoms with E-state index < -0.39 is 34.3 Å². The van der Waals surface area contributed by atoms with Gasteiger partial charge in [0.05, 0.1) is 17.7 Å². The maximum Gasteiger partial charge on any atom is 0.264 e. The molecule has 0 bridgehead atoms. The lowest BCUT2D eigenvalue weighted by Gasteiger charge is -2.34. The van der Waals surface area contributed by atoms with Crippen molar-refractivity contribution in [2.45, 2.75) is 62.6 Å². The number of hydrogen-bond acceptors (Lipinski definition) is 5. The number of rotatable bonds is 13. The van der Waals surface area contributed by atoms with E-state index in [1.165, 1.54) is 36.3 Å². The van der Waals surface area contributed by atoms with Crippen LogP contribution in [-0.2, 0) is 32.6 Å². The van der Waals surface area contributed by atoms with Crippen LogP contribution in [0.3, 0.4) is 0 Å². The molecule has 1 aliphatic carbocycles. The number of nitrogens with zero attached hydrogens (tertiary/aromatic N) is 2. The number of benzene rings is 4. The lowest BCUT2D eigenvalue weighted by molar-refractivity contribution is -0.140. The van der Waals surface area contributed by atoms with Crippen molar-refractivity contribution in [3.05, 3.63) is 126 Å². The number of halogens is 1. The van der Waals surface area contributed by atoms with Crippen LogP contribution in [0.15, 0.2) is 108 Å². The third-order valence-corrected chi connectivity index (χ3v) is 10.3. The predicted molar refractivity (Wildman–Crippen MR) is 180 cm³/mol. The van der Waals surface area contributed by atoms with Gasteiger partial charge in [-0.2, -0.15) is 0 Å². The highest BCUT2D eigenvalue weighted by Crippen LogP contribution is 2.28. The van der Waals surface area contributed by atoms with Crippen LogP contribution in [0, 0.1) is 12.7 Å². The second-order valence-electron chi connectivity index (χ2n) is 11.8. The largest absolute Gasteiger partial charge is 0.497 e. The minimum Gasteiger partial charge on any atom is -0.497 e. The van der Waals surface area contributed by atoms with Gasteiger partial charge in [0.25, 0.3) is 10.0 Å². The van der Waals surface area contributed by atoms with E-state index in [2.05, 4.69) is 5.32 Å². The lowest BCUT2D eigenvalue weighted by atomic mass is 10.0. The van der Waals surface area contributed by atoms with Crippen LogP contribution in [0.25, 0.3) is 0 Å². The first-order chi connectivity index (χ1) is 22.7. The van der Waals surface area contributed by atoms with Crippen molar-refractivity contribution >= 4 is 27.5 Å². The first-order valence-electron chi connectivity index (χ1n) is 15.8. The number of carbonyl (C=O) groups excluding carboxylic acids is 2. The zero-order chi connectivity index (χ0) is 33.4. The first kappa shape index (κ1) is 33.7. The molecule has 1 saturated carbocycles. The molecular weight excluding hydrogens is 617 g/mol. The average molecular weight is 658 g/mol. The molecule has 0 unspecified atom stereocenters. The van der Waals surface area contributed by atoms with Gasteiger partial charge in [-0.15, -0.1) is 0 Å². The zero-order valence-corrected chi connectivity index (χ0v) is 27.5. The fraction of sp³-hybridized carbons (Fsp3) is 0.297. The van der Waals surface area contributed by atoms with Crippen LogP contribution in [0.5, 0.6) is 5.75 Å². The number of sulfonamides is 1. The lowest BCUT2D eigenvalue weighted by Crippen LogP contribution is -2.54. The van der Waals surface area contributed by atoms with Crippen molar-refractivity contribution in [2.75, 3.05) is 18.0 Å². The van der Waals surface area contributed by atoms with Crippen LogP contribution >= 0.6 is 0 Å². The van der Waals surface area contributed by atoms with Crippen LogP contribution < -0.4 is 14.4 Å². The molecule has 1 atom stereocenters. The van der Waals surface area contributed by atoms with Crippen molar-refractivity contribution < 1.29 is 27.1 Å². The SMILES string of the molecule is COc1cccc(N(CC(=O)N(Cc2ccccc2F)[C@@H](Cc2ccccc2)C(=O)NC2CCCC2)S(=O)(=O)c2ccc(C)cc2)c1. The summed E-state index contributed by atoms with van der Waals surface area (Å²) in [6.07, 6.45) is 3.83. The molecule has 0 heterocycles. The molecule has 10 heteroatoms. The Labute approximate surface area is 276 Å². The molecule has 246 valence electrons. The molecule has 0 aliphatic heterocycles. The van der Waals surface area contributed by atoms with E-state index in [4.69, 9.17) is 4.74 Å². The van der Waals surface area contributed by atoms with Crippen molar-refractivity contribution in [2.24, 2.45) is 0 Å². The minimum absolute atomic E-state index is 0.000754. The number of methoxy groups -OCH3 is 1. The summed E-state index contributed by atoms with van der Waals surface area (Å²) in [4.78, 5) is 30.0. The summed E-state index contributed by atoms with van der Waals surface area (Å²) in [6.45, 7) is 0.974. The first-order valence-corrected chi connectivity index (χ1v) is 17.2. The Kier molecular flexibility index (Phi) is 10.9. The van der Waals surface area contributed by atoms with Gasteiger partial charge in [-0.3, -0.25) is 13.9 Å². The molecule has 1 N–H and O–H groups in total. The average Bonchev–Trinajstić information content (AvgIpc) is 3.59. The zero-order valence-electron chi connectivity index (χ0n) is 26.6. The van der Waals surface area contributed by atoms with Gasteiger partial charge >= 0.3 is 0 Å². The summed E-state index contributed by atoms with van der Waals surface area (Å²) >= 11 is 0. The Morgan fingerprint density at radius 2 is 1.60 bits per heavy atom. The van der Waals surface area contributed by atoms with Gasteiger partial charge in [-0.05, 0) is 55.7 Å². The predicted octanol–water partition coefficient (Wildman–Crippen LogP) is 6.04. The van der Waals surface area contributed by atoms with Crippen molar-refractivity contribution in [1.29, 1.82) is 0 Å². The molecule has 4 aromatic carbocycles. The Morgan fingerprint density at radius 3 is 2.28 bits per heavy atom. The number of amides is 2. The van der Waals surface area contributed by atoms with E-state index in [-0.39, 0.29) is 41.1 Å². The van der Waals surface area contributed by atoms with Crippen LogP contribution in [0.1, 0.15) is 42.4 Å². The highest BCUT2D eigenvalue weighted by Gasteiger charge is 2.36. The van der Waals surface area contributed by atoms with E-state index in [1.54, 1.807) is 48.5 Å². The second kappa shape index (κ2) is 15.3. The number of hydrogen-bond donors (Lipinski definition) is 1. The fourth-order valence-electron chi connectivity index (χ4n) is 5.86. The molecule has 1 aliphatic rings. The van der Waals surface area contributed by atoms with E-state index in [1.807, 2.05) is 37.3 Å². The molecule has 47 heavy (non-hydrogen) atoms. The summed E-state index contributed by atoms with van der Waals surface area (Å²) < 4.78 is 49.9. The number of anilines is 1. The van der Waals surface area contributed by atoms with Crippen LogP contribution in [-0.4, -0.2) is 50.9 Å². The molecule has 5 rings (SSSR count). The summed E-state index contributed by atoms with van der Waals surface area (Å²) in [5, 5.41) is 3.12.